The van der Waals surface area contributed by atoms with Gasteiger partial charge >= 0.3 is 59.1 Å². The van der Waals surface area contributed by atoms with Gasteiger partial charge in [0.15, 0.2) is 0 Å². The number of carbonyl (C=O) groups is 1. The van der Waals surface area contributed by atoms with Crippen molar-refractivity contribution in [1.82, 2.24) is 4.90 Å². The summed E-state index contributed by atoms with van der Waals surface area (Å²) in [5, 5.41) is 11.3. The fourth-order valence-corrected chi connectivity index (χ4v) is 4.93. The largest absolute Gasteiger partial charge is 1.00 e. The van der Waals surface area contributed by atoms with Gasteiger partial charge in [0.05, 0.1) is 0 Å². The van der Waals surface area contributed by atoms with Crippen LogP contribution in [0.3, 0.4) is 0 Å². The number of rotatable bonds is 4. The molecule has 8 heteroatoms. The second-order valence-corrected chi connectivity index (χ2v) is 7.61. The molecule has 3 atom stereocenters. The second kappa shape index (κ2) is 8.62. The van der Waals surface area contributed by atoms with Gasteiger partial charge in [-0.25, -0.2) is 0 Å². The van der Waals surface area contributed by atoms with E-state index in [1.807, 2.05) is 0 Å². The average Bonchev–Trinajstić information content (AvgIpc) is 2.67. The summed E-state index contributed by atoms with van der Waals surface area (Å²) in [6.45, 7) is 0. The fourth-order valence-electron chi connectivity index (χ4n) is 2.72. The monoisotopic (exact) mass is 327 g/mol. The summed E-state index contributed by atoms with van der Waals surface area (Å²) in [4.78, 5) is 25.2. The minimum Gasteiger partial charge on any atom is -0.798 e. The molecule has 1 aliphatic carbocycles. The van der Waals surface area contributed by atoms with E-state index in [0.717, 1.165) is 5.56 Å². The fraction of sp³-hybridized carbons (Fsp3) is 0.462. The maximum Gasteiger partial charge on any atom is 1.00 e. The van der Waals surface area contributed by atoms with Gasteiger partial charge in [-0.05, 0) is 31.6 Å². The van der Waals surface area contributed by atoms with Crippen LogP contribution in [0, 0.1) is 0 Å². The number of carboxylic acid groups (broad SMARTS) is 1. The quantitative estimate of drug-likeness (QED) is 0.406. The van der Waals surface area contributed by atoms with Gasteiger partial charge in [0.1, 0.15) is 0 Å². The number of hydrogen-bond donors (Lipinski definition) is 0. The molecular formula is C13H16NNa2O4P. The smallest absolute Gasteiger partial charge is 0.798 e. The molecule has 21 heavy (non-hydrogen) atoms. The Morgan fingerprint density at radius 1 is 1.33 bits per heavy atom. The van der Waals surface area contributed by atoms with Crippen molar-refractivity contribution in [2.24, 2.45) is 0 Å². The first-order valence-electron chi connectivity index (χ1n) is 6.06. The minimum absolute atomic E-state index is 0. The molecule has 2 rings (SSSR count). The number of aliphatic carboxylic acids is 1. The molecule has 0 saturated carbocycles. The van der Waals surface area contributed by atoms with E-state index in [0.29, 0.717) is 5.56 Å². The Balaban J connectivity index is 0.00000200. The summed E-state index contributed by atoms with van der Waals surface area (Å²) in [7, 11) is -0.527. The Hall–Kier alpha value is 0.840. The van der Waals surface area contributed by atoms with E-state index in [4.69, 9.17) is 0 Å². The zero-order chi connectivity index (χ0) is 14.2. The Labute approximate surface area is 169 Å². The minimum atomic E-state index is -3.83. The Bertz CT molecular complexity index is 553. The molecule has 0 saturated heterocycles. The van der Waals surface area contributed by atoms with Crippen molar-refractivity contribution < 1.29 is 78.5 Å². The zero-order valence-corrected chi connectivity index (χ0v) is 17.8. The van der Waals surface area contributed by atoms with Crippen molar-refractivity contribution in [2.45, 2.75) is 18.0 Å². The van der Waals surface area contributed by atoms with Gasteiger partial charge in [0.25, 0.3) is 0 Å². The van der Waals surface area contributed by atoms with Crippen LogP contribution < -0.4 is 69.1 Å². The van der Waals surface area contributed by atoms with Crippen molar-refractivity contribution in [3.05, 3.63) is 35.4 Å². The van der Waals surface area contributed by atoms with Gasteiger partial charge in [0.2, 0.25) is 0 Å². The first-order chi connectivity index (χ1) is 8.83. The molecule has 5 nitrogen and oxygen atoms in total. The van der Waals surface area contributed by atoms with Crippen molar-refractivity contribution in [2.75, 3.05) is 20.4 Å². The van der Waals surface area contributed by atoms with E-state index in [-0.39, 0.29) is 71.8 Å². The maximum atomic E-state index is 12.3. The third-order valence-electron chi connectivity index (χ3n) is 3.44. The van der Waals surface area contributed by atoms with E-state index in [2.05, 4.69) is 0 Å². The molecule has 1 aromatic rings. The molecule has 0 amide bonds. The van der Waals surface area contributed by atoms with Gasteiger partial charge in [-0.3, -0.25) is 0 Å². The summed E-state index contributed by atoms with van der Waals surface area (Å²) < 4.78 is 12.3. The molecule has 0 fully saturated rings. The molecule has 104 valence electrons. The molecule has 0 radical (unpaired) electrons. The summed E-state index contributed by atoms with van der Waals surface area (Å²) in [6.07, 6.45) is 0.124. The van der Waals surface area contributed by atoms with E-state index in [1.165, 1.54) is 0 Å². The van der Waals surface area contributed by atoms with Gasteiger partial charge in [-0.1, -0.05) is 24.3 Å². The molecule has 1 aromatic carbocycles. The zero-order valence-electron chi connectivity index (χ0n) is 12.9. The van der Waals surface area contributed by atoms with E-state index in [1.54, 1.807) is 43.3 Å². The molecule has 3 unspecified atom stereocenters. The van der Waals surface area contributed by atoms with Crippen LogP contribution in [0.25, 0.3) is 0 Å². The van der Waals surface area contributed by atoms with Gasteiger partial charge in [-0.15, -0.1) is 0 Å². The van der Waals surface area contributed by atoms with Crippen LogP contribution >= 0.6 is 7.37 Å². The van der Waals surface area contributed by atoms with Crippen molar-refractivity contribution >= 4 is 13.3 Å². The van der Waals surface area contributed by atoms with Crippen molar-refractivity contribution in [1.29, 1.82) is 0 Å². The van der Waals surface area contributed by atoms with Crippen LogP contribution in [0.1, 0.15) is 17.0 Å². The number of hydrogen-bond acceptors (Lipinski definition) is 5. The predicted octanol–water partition coefficient (Wildman–Crippen LogP) is -6.39. The molecule has 0 aliphatic heterocycles. The Kier molecular flexibility index (Phi) is 8.97. The van der Waals surface area contributed by atoms with Crippen LogP contribution in [-0.4, -0.2) is 36.9 Å². The predicted molar refractivity (Wildman–Crippen MR) is 67.8 cm³/mol. The third-order valence-corrected chi connectivity index (χ3v) is 5.89. The molecule has 1 aliphatic rings. The normalized spacial score (nSPS) is 22.7. The van der Waals surface area contributed by atoms with Crippen molar-refractivity contribution in [3.63, 3.8) is 0 Å². The van der Waals surface area contributed by atoms with Gasteiger partial charge < -0.3 is 24.3 Å². The van der Waals surface area contributed by atoms with Crippen LogP contribution in [-0.2, 0) is 15.8 Å². The maximum absolute atomic E-state index is 12.3. The Morgan fingerprint density at radius 2 is 1.90 bits per heavy atom. The van der Waals surface area contributed by atoms with Crippen LogP contribution in [0.4, 0.5) is 0 Å². The standard InChI is InChI=1S/C13H18NO4P.2Na/c1-14(2)8-19(17,18)11-7-9-5-3-4-6-10(9)12(11)13(15)16;;/h3-6,11-12H,7-8H2,1-2H3,(H,15,16)(H,17,18);;/q;2*+1/p-2. The molecule has 0 N–H and O–H groups in total. The number of benzene rings is 1. The summed E-state index contributed by atoms with van der Waals surface area (Å²) >= 11 is 0. The molecule has 0 spiro atoms. The Morgan fingerprint density at radius 3 is 2.43 bits per heavy atom. The summed E-state index contributed by atoms with van der Waals surface area (Å²) in [5.41, 5.74) is 0.455. The summed E-state index contributed by atoms with van der Waals surface area (Å²) in [5.74, 6) is -2.37. The molecule has 0 bridgehead atoms. The first kappa shape index (κ1) is 21.8. The number of carbonyl (C=O) groups excluding carboxylic acids is 1. The molecule has 0 heterocycles. The van der Waals surface area contributed by atoms with Gasteiger partial charge in [0, 0.05) is 31.2 Å². The van der Waals surface area contributed by atoms with Gasteiger partial charge in [-0.2, -0.15) is 0 Å². The van der Waals surface area contributed by atoms with E-state index in [9.17, 15) is 19.4 Å². The topological polar surface area (TPSA) is 83.5 Å². The van der Waals surface area contributed by atoms with Crippen molar-refractivity contribution in [3.8, 4) is 0 Å². The SMILES string of the molecule is CN(C)CP(=O)([O-])C1Cc2ccccc2C1C(=O)[O-].[Na+].[Na+]. The van der Waals surface area contributed by atoms with Crippen LogP contribution in [0.5, 0.6) is 0 Å². The number of fused-ring (bicyclic) bond motifs is 1. The molecular weight excluding hydrogens is 311 g/mol. The first-order valence-corrected chi connectivity index (χ1v) is 7.94. The number of nitrogens with zero attached hydrogens (tertiary/aromatic N) is 1. The van der Waals surface area contributed by atoms with E-state index >= 15 is 0 Å². The van der Waals surface area contributed by atoms with Crippen LogP contribution in [0.15, 0.2) is 24.3 Å². The molecule has 0 aromatic heterocycles. The van der Waals surface area contributed by atoms with Crippen LogP contribution in [0.2, 0.25) is 0 Å². The summed E-state index contributed by atoms with van der Waals surface area (Å²) in [6, 6.07) is 6.96. The second-order valence-electron chi connectivity index (χ2n) is 5.21. The van der Waals surface area contributed by atoms with E-state index < -0.39 is 24.9 Å². The third kappa shape index (κ3) is 4.90. The average molecular weight is 327 g/mol. The number of carboxylic acids is 1.